The minimum absolute atomic E-state index is 0.0781. The maximum Gasteiger partial charge on any atom is 0.269 e. The molecule has 0 spiro atoms. The lowest BCUT2D eigenvalue weighted by Crippen LogP contribution is -1.99. The number of anilines is 1. The standard InChI is InChI=1S/C17H15N3O2S/c18-13-9-14(10-5-7-11(8-6-10)20(21)22)19-17-16(13)12-3-1-2-4-15(12)23-17/h5-9H,1-4H2,(H2,18,19). The van der Waals surface area contributed by atoms with Gasteiger partial charge in [0.05, 0.1) is 10.6 Å². The van der Waals surface area contributed by atoms with E-state index in [-0.39, 0.29) is 5.69 Å². The van der Waals surface area contributed by atoms with Crippen molar-refractivity contribution in [1.29, 1.82) is 0 Å². The van der Waals surface area contributed by atoms with E-state index in [2.05, 4.69) is 0 Å². The number of hydrogen-bond donors (Lipinski definition) is 1. The Labute approximate surface area is 136 Å². The van der Waals surface area contributed by atoms with E-state index < -0.39 is 4.92 Å². The molecule has 6 heteroatoms. The third-order valence-corrected chi connectivity index (χ3v) is 5.52. The zero-order valence-corrected chi connectivity index (χ0v) is 13.2. The molecule has 0 unspecified atom stereocenters. The smallest absolute Gasteiger partial charge is 0.269 e. The van der Waals surface area contributed by atoms with Crippen LogP contribution < -0.4 is 5.73 Å². The van der Waals surface area contributed by atoms with Crippen LogP contribution in [0.15, 0.2) is 30.3 Å². The van der Waals surface area contributed by atoms with Crippen LogP contribution in [0.1, 0.15) is 23.3 Å². The van der Waals surface area contributed by atoms with Crippen molar-refractivity contribution in [2.75, 3.05) is 5.73 Å². The largest absolute Gasteiger partial charge is 0.398 e. The van der Waals surface area contributed by atoms with E-state index >= 15 is 0 Å². The first-order valence-electron chi connectivity index (χ1n) is 7.59. The second-order valence-corrected chi connectivity index (χ2v) is 6.88. The van der Waals surface area contributed by atoms with Crippen molar-refractivity contribution < 1.29 is 4.92 Å². The molecule has 23 heavy (non-hydrogen) atoms. The lowest BCUT2D eigenvalue weighted by atomic mass is 9.96. The Bertz CT molecular complexity index is 916. The molecule has 1 aliphatic rings. The van der Waals surface area contributed by atoms with Gasteiger partial charge in [0, 0.05) is 33.6 Å². The maximum absolute atomic E-state index is 10.8. The molecule has 4 rings (SSSR count). The number of aryl methyl sites for hydroxylation is 2. The minimum atomic E-state index is -0.401. The number of nitro benzene ring substituents is 1. The molecule has 0 atom stereocenters. The monoisotopic (exact) mass is 325 g/mol. The van der Waals surface area contributed by atoms with E-state index in [4.69, 9.17) is 10.7 Å². The van der Waals surface area contributed by atoms with Crippen molar-refractivity contribution in [2.24, 2.45) is 0 Å². The van der Waals surface area contributed by atoms with Crippen LogP contribution in [-0.4, -0.2) is 9.91 Å². The van der Waals surface area contributed by atoms with E-state index in [1.807, 2.05) is 6.07 Å². The van der Waals surface area contributed by atoms with Crippen molar-refractivity contribution in [3.8, 4) is 11.3 Å². The van der Waals surface area contributed by atoms with E-state index in [1.165, 1.54) is 35.4 Å². The fourth-order valence-corrected chi connectivity index (χ4v) is 4.49. The summed E-state index contributed by atoms with van der Waals surface area (Å²) >= 11 is 1.73. The number of benzene rings is 1. The lowest BCUT2D eigenvalue weighted by Gasteiger charge is -2.11. The van der Waals surface area contributed by atoms with Gasteiger partial charge in [0.25, 0.3) is 5.69 Å². The van der Waals surface area contributed by atoms with Crippen LogP contribution in [0.25, 0.3) is 21.5 Å². The molecule has 5 nitrogen and oxygen atoms in total. The molecule has 3 aromatic rings. The molecule has 0 radical (unpaired) electrons. The van der Waals surface area contributed by atoms with Crippen LogP contribution in [0, 0.1) is 10.1 Å². The molecule has 2 aromatic heterocycles. The predicted octanol–water partition coefficient (Wildman–Crippen LogP) is 4.33. The Morgan fingerprint density at radius 1 is 1.17 bits per heavy atom. The first-order valence-corrected chi connectivity index (χ1v) is 8.41. The molecule has 0 bridgehead atoms. The average molecular weight is 325 g/mol. The molecule has 1 aliphatic carbocycles. The van der Waals surface area contributed by atoms with Crippen molar-refractivity contribution in [1.82, 2.24) is 4.98 Å². The quantitative estimate of drug-likeness (QED) is 0.561. The van der Waals surface area contributed by atoms with Gasteiger partial charge in [0.2, 0.25) is 0 Å². The molecule has 0 fully saturated rings. The van der Waals surface area contributed by atoms with Crippen LogP contribution in [-0.2, 0) is 12.8 Å². The normalized spacial score (nSPS) is 13.9. The number of rotatable bonds is 2. The Kier molecular flexibility index (Phi) is 3.27. The maximum atomic E-state index is 10.8. The lowest BCUT2D eigenvalue weighted by molar-refractivity contribution is -0.384. The highest BCUT2D eigenvalue weighted by Crippen LogP contribution is 2.39. The van der Waals surface area contributed by atoms with Gasteiger partial charge >= 0.3 is 0 Å². The number of nitrogen functional groups attached to an aromatic ring is 1. The Morgan fingerprint density at radius 2 is 1.91 bits per heavy atom. The zero-order chi connectivity index (χ0) is 16.0. The van der Waals surface area contributed by atoms with Crippen LogP contribution in [0.2, 0.25) is 0 Å². The highest BCUT2D eigenvalue weighted by Gasteiger charge is 2.19. The number of nitrogens with two attached hydrogens (primary N) is 1. The highest BCUT2D eigenvalue weighted by atomic mass is 32.1. The van der Waals surface area contributed by atoms with Gasteiger partial charge in [-0.1, -0.05) is 0 Å². The second-order valence-electron chi connectivity index (χ2n) is 5.79. The molecule has 0 aliphatic heterocycles. The molecule has 1 aromatic carbocycles. The predicted molar refractivity (Wildman–Crippen MR) is 92.8 cm³/mol. The van der Waals surface area contributed by atoms with Gasteiger partial charge < -0.3 is 5.73 Å². The van der Waals surface area contributed by atoms with Gasteiger partial charge in [-0.25, -0.2) is 4.98 Å². The number of fused-ring (bicyclic) bond motifs is 3. The fourth-order valence-electron chi connectivity index (χ4n) is 3.19. The van der Waals surface area contributed by atoms with E-state index in [0.29, 0.717) is 0 Å². The summed E-state index contributed by atoms with van der Waals surface area (Å²) in [6.45, 7) is 0. The first-order chi connectivity index (χ1) is 11.1. The minimum Gasteiger partial charge on any atom is -0.398 e. The van der Waals surface area contributed by atoms with Crippen molar-refractivity contribution in [2.45, 2.75) is 25.7 Å². The fraction of sp³-hybridized carbons (Fsp3) is 0.235. The van der Waals surface area contributed by atoms with E-state index in [1.54, 1.807) is 23.5 Å². The number of thiophene rings is 1. The van der Waals surface area contributed by atoms with Gasteiger partial charge in [-0.3, -0.25) is 10.1 Å². The number of nitrogens with zero attached hydrogens (tertiary/aromatic N) is 2. The van der Waals surface area contributed by atoms with Crippen LogP contribution in [0.5, 0.6) is 0 Å². The van der Waals surface area contributed by atoms with Crippen LogP contribution in [0.4, 0.5) is 11.4 Å². The van der Waals surface area contributed by atoms with Gasteiger partial charge in [-0.15, -0.1) is 11.3 Å². The third-order valence-electron chi connectivity index (χ3n) is 4.33. The Morgan fingerprint density at radius 3 is 2.65 bits per heavy atom. The van der Waals surface area contributed by atoms with Crippen molar-refractivity contribution >= 4 is 32.9 Å². The summed E-state index contributed by atoms with van der Waals surface area (Å²) in [5.41, 5.74) is 10.1. The molecule has 0 saturated heterocycles. The molecular weight excluding hydrogens is 310 g/mol. The average Bonchev–Trinajstić information content (AvgIpc) is 2.93. The van der Waals surface area contributed by atoms with E-state index in [9.17, 15) is 10.1 Å². The zero-order valence-electron chi connectivity index (χ0n) is 12.4. The number of hydrogen-bond acceptors (Lipinski definition) is 5. The second kappa shape index (κ2) is 5.31. The summed E-state index contributed by atoms with van der Waals surface area (Å²) < 4.78 is 0. The highest BCUT2D eigenvalue weighted by molar-refractivity contribution is 7.19. The van der Waals surface area contributed by atoms with Gasteiger partial charge in [-0.05, 0) is 49.4 Å². The van der Waals surface area contributed by atoms with Gasteiger partial charge in [0.1, 0.15) is 4.83 Å². The van der Waals surface area contributed by atoms with Crippen molar-refractivity contribution in [3.63, 3.8) is 0 Å². The van der Waals surface area contributed by atoms with Gasteiger partial charge in [0.15, 0.2) is 0 Å². The van der Waals surface area contributed by atoms with E-state index in [0.717, 1.165) is 40.0 Å². The summed E-state index contributed by atoms with van der Waals surface area (Å²) in [4.78, 5) is 17.5. The molecule has 2 heterocycles. The topological polar surface area (TPSA) is 82.0 Å². The van der Waals surface area contributed by atoms with Crippen LogP contribution in [0.3, 0.4) is 0 Å². The van der Waals surface area contributed by atoms with Crippen LogP contribution >= 0.6 is 11.3 Å². The van der Waals surface area contributed by atoms with Gasteiger partial charge in [-0.2, -0.15) is 0 Å². The number of aromatic nitrogens is 1. The summed E-state index contributed by atoms with van der Waals surface area (Å²) in [6, 6.07) is 8.32. The summed E-state index contributed by atoms with van der Waals surface area (Å²) in [7, 11) is 0. The number of non-ortho nitro benzene ring substituents is 1. The molecular formula is C17H15N3O2S. The molecule has 116 valence electrons. The third kappa shape index (κ3) is 2.35. The van der Waals surface area contributed by atoms with Crippen molar-refractivity contribution in [3.05, 3.63) is 50.9 Å². The number of pyridine rings is 1. The SMILES string of the molecule is Nc1cc(-c2ccc([N+](=O)[O-])cc2)nc2sc3c(c12)CCCC3. The first kappa shape index (κ1) is 14.1. The number of nitro groups is 1. The summed E-state index contributed by atoms with van der Waals surface area (Å²) in [5.74, 6) is 0. The summed E-state index contributed by atoms with van der Waals surface area (Å²) in [5, 5.41) is 11.9. The summed E-state index contributed by atoms with van der Waals surface area (Å²) in [6.07, 6.45) is 4.64. The molecule has 0 saturated carbocycles. The molecule has 0 amide bonds. The Hall–Kier alpha value is -2.47. The molecule has 2 N–H and O–H groups in total. The Balaban J connectivity index is 1.83.